The first kappa shape index (κ1) is 12.1. The van der Waals surface area contributed by atoms with Crippen molar-refractivity contribution in [1.82, 2.24) is 5.32 Å². The van der Waals surface area contributed by atoms with Gasteiger partial charge in [0.05, 0.1) is 5.92 Å². The van der Waals surface area contributed by atoms with Gasteiger partial charge in [0.2, 0.25) is 0 Å². The van der Waals surface area contributed by atoms with Gasteiger partial charge in [-0.3, -0.25) is 4.79 Å². The third-order valence-electron chi connectivity index (χ3n) is 3.51. The van der Waals surface area contributed by atoms with Crippen molar-refractivity contribution >= 4 is 5.97 Å². The number of carboxylic acids is 1. The van der Waals surface area contributed by atoms with Crippen LogP contribution in [0, 0.1) is 5.92 Å². The van der Waals surface area contributed by atoms with Gasteiger partial charge in [0, 0.05) is 24.2 Å². The normalized spacial score (nSPS) is 25.3. The van der Waals surface area contributed by atoms with Gasteiger partial charge in [-0.1, -0.05) is 0 Å². The van der Waals surface area contributed by atoms with E-state index in [0.29, 0.717) is 37.7 Å². The number of ether oxygens (including phenoxy) is 2. The van der Waals surface area contributed by atoms with E-state index < -0.39 is 11.9 Å². The lowest BCUT2D eigenvalue weighted by atomic mass is 9.98. The number of aromatic hydroxyl groups is 1. The SMILES string of the molecule is O=C(O)C1CNC(c2cc(O)cc3c2OCCO3)C1. The summed E-state index contributed by atoms with van der Waals surface area (Å²) in [6.45, 7) is 1.33. The third-order valence-corrected chi connectivity index (χ3v) is 3.51. The van der Waals surface area contributed by atoms with Gasteiger partial charge in [-0.05, 0) is 12.5 Å². The standard InChI is InChI=1S/C13H15NO5/c15-8-4-9(10-3-7(6-14-10)13(16)17)12-11(5-8)18-1-2-19-12/h4-5,7,10,14-15H,1-3,6H2,(H,16,17). The Labute approximate surface area is 110 Å². The van der Waals surface area contributed by atoms with Crippen LogP contribution in [0.25, 0.3) is 0 Å². The van der Waals surface area contributed by atoms with E-state index in [9.17, 15) is 9.90 Å². The van der Waals surface area contributed by atoms with Gasteiger partial charge in [-0.15, -0.1) is 0 Å². The zero-order chi connectivity index (χ0) is 13.4. The summed E-state index contributed by atoms with van der Waals surface area (Å²) in [6.07, 6.45) is 0.481. The molecule has 0 saturated carbocycles. The van der Waals surface area contributed by atoms with Crippen LogP contribution in [0.4, 0.5) is 0 Å². The predicted molar refractivity (Wildman–Crippen MR) is 65.6 cm³/mol. The number of rotatable bonds is 2. The van der Waals surface area contributed by atoms with Gasteiger partial charge in [0.1, 0.15) is 19.0 Å². The Morgan fingerprint density at radius 3 is 2.84 bits per heavy atom. The van der Waals surface area contributed by atoms with Crippen LogP contribution >= 0.6 is 0 Å². The number of phenols is 1. The lowest BCUT2D eigenvalue weighted by Crippen LogP contribution is -2.20. The van der Waals surface area contributed by atoms with E-state index >= 15 is 0 Å². The summed E-state index contributed by atoms with van der Waals surface area (Å²) >= 11 is 0. The minimum Gasteiger partial charge on any atom is -0.508 e. The van der Waals surface area contributed by atoms with E-state index in [1.165, 1.54) is 6.07 Å². The van der Waals surface area contributed by atoms with Crippen molar-refractivity contribution in [3.8, 4) is 17.2 Å². The largest absolute Gasteiger partial charge is 0.508 e. The molecule has 1 fully saturated rings. The fourth-order valence-electron chi connectivity index (χ4n) is 2.59. The van der Waals surface area contributed by atoms with Crippen molar-refractivity contribution in [2.24, 2.45) is 5.92 Å². The van der Waals surface area contributed by atoms with Crippen molar-refractivity contribution in [3.63, 3.8) is 0 Å². The average Bonchev–Trinajstić information content (AvgIpc) is 2.87. The molecule has 0 radical (unpaired) electrons. The molecule has 2 aliphatic heterocycles. The van der Waals surface area contributed by atoms with Gasteiger partial charge >= 0.3 is 5.97 Å². The Morgan fingerprint density at radius 1 is 1.32 bits per heavy atom. The van der Waals surface area contributed by atoms with Crippen LogP contribution in [-0.4, -0.2) is 35.9 Å². The lowest BCUT2D eigenvalue weighted by molar-refractivity contribution is -0.141. The van der Waals surface area contributed by atoms with E-state index in [2.05, 4.69) is 5.32 Å². The molecule has 6 nitrogen and oxygen atoms in total. The fourth-order valence-corrected chi connectivity index (χ4v) is 2.59. The smallest absolute Gasteiger partial charge is 0.307 e. The van der Waals surface area contributed by atoms with Crippen molar-refractivity contribution in [2.45, 2.75) is 12.5 Å². The van der Waals surface area contributed by atoms with Crippen LogP contribution in [0.5, 0.6) is 17.2 Å². The summed E-state index contributed by atoms with van der Waals surface area (Å²) < 4.78 is 11.0. The number of nitrogens with one attached hydrogen (secondary N) is 1. The molecule has 2 aliphatic rings. The number of benzene rings is 1. The molecule has 1 saturated heterocycles. The second kappa shape index (κ2) is 4.62. The second-order valence-corrected chi connectivity index (χ2v) is 4.79. The lowest BCUT2D eigenvalue weighted by Gasteiger charge is -2.23. The molecule has 2 heterocycles. The van der Waals surface area contributed by atoms with E-state index in [1.54, 1.807) is 6.07 Å². The molecule has 102 valence electrons. The van der Waals surface area contributed by atoms with Gasteiger partial charge in [-0.25, -0.2) is 0 Å². The molecule has 0 aliphatic carbocycles. The first-order valence-electron chi connectivity index (χ1n) is 6.24. The minimum absolute atomic E-state index is 0.0971. The number of phenolic OH excluding ortho intramolecular Hbond substituents is 1. The number of hydrogen-bond donors (Lipinski definition) is 3. The average molecular weight is 265 g/mol. The molecule has 0 bridgehead atoms. The van der Waals surface area contributed by atoms with Crippen molar-refractivity contribution in [1.29, 1.82) is 0 Å². The molecular weight excluding hydrogens is 250 g/mol. The van der Waals surface area contributed by atoms with Crippen LogP contribution in [0.15, 0.2) is 12.1 Å². The minimum atomic E-state index is -0.804. The molecule has 6 heteroatoms. The van der Waals surface area contributed by atoms with Crippen molar-refractivity contribution in [3.05, 3.63) is 17.7 Å². The quantitative estimate of drug-likeness (QED) is 0.736. The Balaban J connectivity index is 1.92. The molecule has 0 amide bonds. The molecule has 3 N–H and O–H groups in total. The molecule has 0 spiro atoms. The molecule has 0 aromatic heterocycles. The zero-order valence-electron chi connectivity index (χ0n) is 10.3. The summed E-state index contributed by atoms with van der Waals surface area (Å²) in [5.74, 6) is 0.00272. The molecule has 2 unspecified atom stereocenters. The number of carbonyl (C=O) groups is 1. The Hall–Kier alpha value is -1.95. The van der Waals surface area contributed by atoms with Gasteiger partial charge in [0.25, 0.3) is 0 Å². The first-order chi connectivity index (χ1) is 9.15. The maximum Gasteiger partial charge on any atom is 0.307 e. The van der Waals surface area contributed by atoms with Gasteiger partial charge in [0.15, 0.2) is 11.5 Å². The maximum atomic E-state index is 11.0. The number of hydrogen-bond acceptors (Lipinski definition) is 5. The van der Waals surface area contributed by atoms with Crippen LogP contribution in [0.2, 0.25) is 0 Å². The molecule has 1 aromatic carbocycles. The van der Waals surface area contributed by atoms with Crippen LogP contribution in [-0.2, 0) is 4.79 Å². The Bertz CT molecular complexity index is 516. The predicted octanol–water partition coefficient (Wildman–Crippen LogP) is 0.899. The summed E-state index contributed by atoms with van der Waals surface area (Å²) in [5, 5.41) is 21.9. The van der Waals surface area contributed by atoms with Crippen LogP contribution in [0.3, 0.4) is 0 Å². The van der Waals surface area contributed by atoms with Gasteiger partial charge in [-0.2, -0.15) is 0 Å². The van der Waals surface area contributed by atoms with E-state index in [4.69, 9.17) is 14.6 Å². The fraction of sp³-hybridized carbons (Fsp3) is 0.462. The Kier molecular flexibility index (Phi) is 2.94. The monoisotopic (exact) mass is 265 g/mol. The number of carboxylic acid groups (broad SMARTS) is 1. The summed E-state index contributed by atoms with van der Waals surface area (Å²) in [7, 11) is 0. The molecule has 1 aromatic rings. The van der Waals surface area contributed by atoms with Crippen LogP contribution in [0.1, 0.15) is 18.0 Å². The molecular formula is C13H15NO5. The molecule has 3 rings (SSSR count). The Morgan fingerprint density at radius 2 is 2.11 bits per heavy atom. The first-order valence-corrected chi connectivity index (χ1v) is 6.24. The number of aliphatic carboxylic acids is 1. The molecule has 19 heavy (non-hydrogen) atoms. The van der Waals surface area contributed by atoms with Crippen LogP contribution < -0.4 is 14.8 Å². The highest BCUT2D eigenvalue weighted by Crippen LogP contribution is 2.43. The van der Waals surface area contributed by atoms with Crippen molar-refractivity contribution < 1.29 is 24.5 Å². The summed E-state index contributed by atoms with van der Waals surface area (Å²) in [6, 6.07) is 2.99. The maximum absolute atomic E-state index is 11.0. The highest BCUT2D eigenvalue weighted by molar-refractivity contribution is 5.71. The van der Waals surface area contributed by atoms with E-state index in [0.717, 1.165) is 5.56 Å². The topological polar surface area (TPSA) is 88.0 Å². The summed E-state index contributed by atoms with van der Waals surface area (Å²) in [5.41, 5.74) is 0.762. The number of fused-ring (bicyclic) bond motifs is 1. The summed E-state index contributed by atoms with van der Waals surface area (Å²) in [4.78, 5) is 11.0. The second-order valence-electron chi connectivity index (χ2n) is 4.79. The highest BCUT2D eigenvalue weighted by atomic mass is 16.6. The third kappa shape index (κ3) is 2.19. The molecule has 2 atom stereocenters. The van der Waals surface area contributed by atoms with E-state index in [-0.39, 0.29) is 11.8 Å². The van der Waals surface area contributed by atoms with E-state index in [1.807, 2.05) is 0 Å². The highest BCUT2D eigenvalue weighted by Gasteiger charge is 2.33. The van der Waals surface area contributed by atoms with Gasteiger partial charge < -0.3 is 25.0 Å². The zero-order valence-corrected chi connectivity index (χ0v) is 10.3. The van der Waals surface area contributed by atoms with Crippen molar-refractivity contribution in [2.75, 3.05) is 19.8 Å².